The monoisotopic (exact) mass is 343 g/mol. The highest BCUT2D eigenvalue weighted by Crippen LogP contribution is 2.25. The predicted molar refractivity (Wildman–Crippen MR) is 86.3 cm³/mol. The van der Waals surface area contributed by atoms with Gasteiger partial charge in [0.05, 0.1) is 10.5 Å². The minimum Gasteiger partial charge on any atom is -0.294 e. The number of benzene rings is 1. The van der Waals surface area contributed by atoms with Crippen LogP contribution in [0.5, 0.6) is 0 Å². The van der Waals surface area contributed by atoms with E-state index >= 15 is 0 Å². The molecule has 0 bridgehead atoms. The zero-order chi connectivity index (χ0) is 16.7. The molecule has 118 valence electrons. The fourth-order valence-corrected chi connectivity index (χ4v) is 2.17. The number of carbonyl (C=O) groups excluding carboxylic acids is 2. The number of halogens is 2. The van der Waals surface area contributed by atoms with Crippen LogP contribution in [0.2, 0.25) is 5.02 Å². The third-order valence-electron chi connectivity index (χ3n) is 2.96. The SMILES string of the molecule is CC(=O)C(=Cc1cc([N+](=O)[O-])ccc1Cl)C(=O)CCCCCl. The second-order valence-electron chi connectivity index (χ2n) is 4.65. The number of nitrogens with zero attached hydrogens (tertiary/aromatic N) is 1. The van der Waals surface area contributed by atoms with Gasteiger partial charge in [0.2, 0.25) is 0 Å². The van der Waals surface area contributed by atoms with Crippen molar-refractivity contribution < 1.29 is 14.5 Å². The molecule has 0 heterocycles. The molecule has 0 atom stereocenters. The average Bonchev–Trinajstić information content (AvgIpc) is 2.45. The first kappa shape index (κ1) is 18.3. The van der Waals surface area contributed by atoms with Gasteiger partial charge in [0.1, 0.15) is 0 Å². The molecule has 22 heavy (non-hydrogen) atoms. The summed E-state index contributed by atoms with van der Waals surface area (Å²) in [7, 11) is 0. The van der Waals surface area contributed by atoms with Crippen molar-refractivity contribution in [3.05, 3.63) is 44.5 Å². The topological polar surface area (TPSA) is 77.3 Å². The molecular formula is C15H15Cl2NO4. The molecule has 0 spiro atoms. The molecule has 0 radical (unpaired) electrons. The fourth-order valence-electron chi connectivity index (χ4n) is 1.80. The Morgan fingerprint density at radius 1 is 1.32 bits per heavy atom. The number of Topliss-reactive ketones (excluding diaryl/α,β-unsaturated/α-hetero) is 2. The fraction of sp³-hybridized carbons (Fsp3) is 0.333. The molecule has 1 aromatic carbocycles. The first-order valence-electron chi connectivity index (χ1n) is 6.62. The summed E-state index contributed by atoms with van der Waals surface area (Å²) in [6.45, 7) is 1.27. The molecule has 0 saturated carbocycles. The van der Waals surface area contributed by atoms with Crippen LogP contribution in [0.25, 0.3) is 6.08 Å². The lowest BCUT2D eigenvalue weighted by molar-refractivity contribution is -0.384. The number of nitro groups is 1. The number of ketones is 2. The Hall–Kier alpha value is -1.72. The Morgan fingerprint density at radius 2 is 2.00 bits per heavy atom. The Labute approximate surface area is 138 Å². The van der Waals surface area contributed by atoms with Crippen molar-refractivity contribution >= 4 is 46.5 Å². The molecule has 0 aliphatic rings. The molecule has 5 nitrogen and oxygen atoms in total. The van der Waals surface area contributed by atoms with Gasteiger partial charge in [-0.05, 0) is 31.9 Å². The molecule has 0 amide bonds. The Kier molecular flexibility index (Phi) is 7.21. The van der Waals surface area contributed by atoms with Crippen molar-refractivity contribution in [2.24, 2.45) is 0 Å². The molecule has 0 saturated heterocycles. The summed E-state index contributed by atoms with van der Waals surface area (Å²) in [6.07, 6.45) is 2.76. The van der Waals surface area contributed by atoms with Crippen molar-refractivity contribution in [1.29, 1.82) is 0 Å². The van der Waals surface area contributed by atoms with E-state index in [0.29, 0.717) is 18.7 Å². The summed E-state index contributed by atoms with van der Waals surface area (Å²) >= 11 is 11.5. The summed E-state index contributed by atoms with van der Waals surface area (Å²) in [5.41, 5.74) is 0.0943. The lowest BCUT2D eigenvalue weighted by Crippen LogP contribution is -2.10. The van der Waals surface area contributed by atoms with E-state index in [2.05, 4.69) is 0 Å². The molecule has 0 aliphatic heterocycles. The van der Waals surface area contributed by atoms with Crippen LogP contribution in [0.1, 0.15) is 31.7 Å². The second kappa shape index (κ2) is 8.66. The number of unbranched alkanes of at least 4 members (excludes halogenated alkanes) is 1. The van der Waals surface area contributed by atoms with Crippen molar-refractivity contribution in [2.45, 2.75) is 26.2 Å². The zero-order valence-electron chi connectivity index (χ0n) is 12.0. The zero-order valence-corrected chi connectivity index (χ0v) is 13.5. The summed E-state index contributed by atoms with van der Waals surface area (Å²) < 4.78 is 0. The number of alkyl halides is 1. The first-order chi connectivity index (χ1) is 10.4. The first-order valence-corrected chi connectivity index (χ1v) is 7.53. The second-order valence-corrected chi connectivity index (χ2v) is 5.43. The summed E-state index contributed by atoms with van der Waals surface area (Å²) in [5.74, 6) is -0.276. The van der Waals surface area contributed by atoms with E-state index in [0.717, 1.165) is 0 Å². The van der Waals surface area contributed by atoms with E-state index in [1.54, 1.807) is 0 Å². The van der Waals surface area contributed by atoms with Crippen molar-refractivity contribution in [1.82, 2.24) is 0 Å². The standard InChI is InChI=1S/C15H15Cl2NO4/c1-10(19)13(15(20)4-2-3-7-16)9-11-8-12(18(21)22)5-6-14(11)17/h5-6,8-9H,2-4,7H2,1H3. The van der Waals surface area contributed by atoms with Gasteiger partial charge in [0.25, 0.3) is 5.69 Å². The maximum absolute atomic E-state index is 12.1. The van der Waals surface area contributed by atoms with Gasteiger partial charge in [0, 0.05) is 35.0 Å². The normalized spacial score (nSPS) is 11.3. The predicted octanol–water partition coefficient (Wildman–Crippen LogP) is 4.20. The lowest BCUT2D eigenvalue weighted by Gasteiger charge is -2.05. The molecular weight excluding hydrogens is 329 g/mol. The van der Waals surface area contributed by atoms with Gasteiger partial charge in [-0.1, -0.05) is 11.6 Å². The highest BCUT2D eigenvalue weighted by atomic mass is 35.5. The van der Waals surface area contributed by atoms with E-state index in [9.17, 15) is 19.7 Å². The number of hydrogen-bond donors (Lipinski definition) is 0. The van der Waals surface area contributed by atoms with E-state index in [-0.39, 0.29) is 34.1 Å². The Bertz CT molecular complexity index is 626. The third-order valence-corrected chi connectivity index (χ3v) is 3.57. The van der Waals surface area contributed by atoms with Gasteiger partial charge in [-0.2, -0.15) is 0 Å². The number of carbonyl (C=O) groups is 2. The number of non-ortho nitro benzene ring substituents is 1. The van der Waals surface area contributed by atoms with Gasteiger partial charge in [-0.25, -0.2) is 0 Å². The molecule has 0 aliphatic carbocycles. The van der Waals surface area contributed by atoms with E-state index < -0.39 is 10.7 Å². The molecule has 0 fully saturated rings. The van der Waals surface area contributed by atoms with Crippen LogP contribution >= 0.6 is 23.2 Å². The van der Waals surface area contributed by atoms with Crippen LogP contribution in [-0.4, -0.2) is 22.4 Å². The minimum absolute atomic E-state index is 0.0167. The summed E-state index contributed by atoms with van der Waals surface area (Å²) in [6, 6.07) is 3.86. The van der Waals surface area contributed by atoms with Crippen molar-refractivity contribution in [3.8, 4) is 0 Å². The molecule has 0 unspecified atom stereocenters. The van der Waals surface area contributed by atoms with Crippen LogP contribution in [-0.2, 0) is 9.59 Å². The number of nitro benzene ring substituents is 1. The largest absolute Gasteiger partial charge is 0.294 e. The molecule has 0 N–H and O–H groups in total. The van der Waals surface area contributed by atoms with E-state index in [1.165, 1.54) is 31.2 Å². The van der Waals surface area contributed by atoms with Gasteiger partial charge in [-0.15, -0.1) is 11.6 Å². The summed E-state index contributed by atoms with van der Waals surface area (Å²) in [4.78, 5) is 34.0. The minimum atomic E-state index is -0.566. The number of hydrogen-bond acceptors (Lipinski definition) is 4. The molecule has 7 heteroatoms. The molecule has 1 aromatic rings. The van der Waals surface area contributed by atoms with Crippen molar-refractivity contribution in [3.63, 3.8) is 0 Å². The molecule has 1 rings (SSSR count). The highest BCUT2D eigenvalue weighted by molar-refractivity contribution is 6.33. The van der Waals surface area contributed by atoms with Crippen LogP contribution < -0.4 is 0 Å². The number of allylic oxidation sites excluding steroid dienone is 1. The van der Waals surface area contributed by atoms with Gasteiger partial charge >= 0.3 is 0 Å². The van der Waals surface area contributed by atoms with Crippen LogP contribution in [0, 0.1) is 10.1 Å². The quantitative estimate of drug-likeness (QED) is 0.135. The Balaban J connectivity index is 3.13. The summed E-state index contributed by atoms with van der Waals surface area (Å²) in [5, 5.41) is 11.0. The molecule has 0 aromatic heterocycles. The highest BCUT2D eigenvalue weighted by Gasteiger charge is 2.16. The maximum Gasteiger partial charge on any atom is 0.270 e. The lowest BCUT2D eigenvalue weighted by atomic mass is 10.00. The van der Waals surface area contributed by atoms with E-state index in [4.69, 9.17) is 23.2 Å². The average molecular weight is 344 g/mol. The van der Waals surface area contributed by atoms with Crippen LogP contribution in [0.15, 0.2) is 23.8 Å². The van der Waals surface area contributed by atoms with Gasteiger partial charge < -0.3 is 0 Å². The van der Waals surface area contributed by atoms with Crippen LogP contribution in [0.4, 0.5) is 5.69 Å². The van der Waals surface area contributed by atoms with Crippen LogP contribution in [0.3, 0.4) is 0 Å². The van der Waals surface area contributed by atoms with E-state index in [1.807, 2.05) is 0 Å². The van der Waals surface area contributed by atoms with Gasteiger partial charge in [-0.3, -0.25) is 19.7 Å². The maximum atomic E-state index is 12.1. The Morgan fingerprint density at radius 3 is 2.55 bits per heavy atom. The smallest absolute Gasteiger partial charge is 0.270 e. The van der Waals surface area contributed by atoms with Crippen molar-refractivity contribution in [2.75, 3.05) is 5.88 Å². The van der Waals surface area contributed by atoms with Gasteiger partial charge in [0.15, 0.2) is 11.6 Å². The third kappa shape index (κ3) is 5.24. The number of rotatable bonds is 8.